The molecule has 2 unspecified atom stereocenters. The Balaban J connectivity index is 3.37. The lowest BCUT2D eigenvalue weighted by atomic mass is 10.0. The molecule has 0 rings (SSSR count). The van der Waals surface area contributed by atoms with Crippen molar-refractivity contribution >= 4 is 5.97 Å². The van der Waals surface area contributed by atoms with Crippen molar-refractivity contribution < 1.29 is 20.1 Å². The third-order valence-electron chi connectivity index (χ3n) is 4.29. The lowest BCUT2D eigenvalue weighted by Gasteiger charge is -2.13. The molecule has 3 N–H and O–H groups in total. The van der Waals surface area contributed by atoms with Crippen molar-refractivity contribution in [1.82, 2.24) is 0 Å². The van der Waals surface area contributed by atoms with E-state index in [1.54, 1.807) is 0 Å². The van der Waals surface area contributed by atoms with Crippen LogP contribution < -0.4 is 0 Å². The summed E-state index contributed by atoms with van der Waals surface area (Å²) >= 11 is 0. The van der Waals surface area contributed by atoms with Crippen LogP contribution in [-0.4, -0.2) is 33.5 Å². The maximum Gasteiger partial charge on any atom is 0.303 e. The highest BCUT2D eigenvalue weighted by molar-refractivity contribution is 5.66. The van der Waals surface area contributed by atoms with Gasteiger partial charge in [-0.1, -0.05) is 64.0 Å². The summed E-state index contributed by atoms with van der Waals surface area (Å²) in [6.45, 7) is 2.14. The SMILES string of the molecule is CCCC=CCC(O)CCC(O)CCCCCCCCCC(=O)O. The molecule has 2 atom stereocenters. The Morgan fingerprint density at radius 3 is 2.04 bits per heavy atom. The molecule has 0 aliphatic heterocycles. The van der Waals surface area contributed by atoms with Crippen molar-refractivity contribution in [3.63, 3.8) is 0 Å². The van der Waals surface area contributed by atoms with Crippen LogP contribution in [0.25, 0.3) is 0 Å². The average molecular weight is 343 g/mol. The number of aliphatic carboxylic acids is 1. The van der Waals surface area contributed by atoms with E-state index >= 15 is 0 Å². The number of carbonyl (C=O) groups is 1. The first kappa shape index (κ1) is 23.1. The number of aliphatic hydroxyl groups is 2. The average Bonchev–Trinajstić information content (AvgIpc) is 2.55. The van der Waals surface area contributed by atoms with E-state index in [1.165, 1.54) is 0 Å². The van der Waals surface area contributed by atoms with Crippen LogP contribution in [0.5, 0.6) is 0 Å². The number of hydrogen-bond acceptors (Lipinski definition) is 3. The first-order valence-corrected chi connectivity index (χ1v) is 9.79. The molecule has 0 aromatic carbocycles. The quantitative estimate of drug-likeness (QED) is 0.261. The molecule has 0 saturated heterocycles. The summed E-state index contributed by atoms with van der Waals surface area (Å²) in [6.07, 6.45) is 16.2. The molecule has 4 nitrogen and oxygen atoms in total. The smallest absolute Gasteiger partial charge is 0.303 e. The van der Waals surface area contributed by atoms with Gasteiger partial charge in [-0.25, -0.2) is 0 Å². The number of allylic oxidation sites excluding steroid dienone is 1. The number of unbranched alkanes of at least 4 members (excludes halogenated alkanes) is 7. The van der Waals surface area contributed by atoms with Gasteiger partial charge in [-0.05, 0) is 38.5 Å². The van der Waals surface area contributed by atoms with Crippen LogP contribution in [0.4, 0.5) is 0 Å². The van der Waals surface area contributed by atoms with E-state index in [-0.39, 0.29) is 18.6 Å². The summed E-state index contributed by atoms with van der Waals surface area (Å²) < 4.78 is 0. The molecule has 0 aromatic heterocycles. The Morgan fingerprint density at radius 1 is 0.833 bits per heavy atom. The summed E-state index contributed by atoms with van der Waals surface area (Å²) in [6, 6.07) is 0. The van der Waals surface area contributed by atoms with Crippen molar-refractivity contribution in [1.29, 1.82) is 0 Å². The van der Waals surface area contributed by atoms with E-state index in [0.29, 0.717) is 19.3 Å². The predicted octanol–water partition coefficient (Wildman–Crippen LogP) is 4.83. The lowest BCUT2D eigenvalue weighted by Crippen LogP contribution is -2.12. The van der Waals surface area contributed by atoms with Crippen LogP contribution in [0, 0.1) is 0 Å². The molecule has 4 heteroatoms. The Bertz CT molecular complexity index is 315. The van der Waals surface area contributed by atoms with Crippen LogP contribution in [-0.2, 0) is 4.79 Å². The van der Waals surface area contributed by atoms with Gasteiger partial charge >= 0.3 is 5.97 Å². The second-order valence-electron chi connectivity index (χ2n) is 6.79. The third kappa shape index (κ3) is 17.5. The fourth-order valence-electron chi connectivity index (χ4n) is 2.72. The molecule has 0 heterocycles. The van der Waals surface area contributed by atoms with Gasteiger partial charge in [-0.3, -0.25) is 4.79 Å². The summed E-state index contributed by atoms with van der Waals surface area (Å²) in [4.78, 5) is 10.4. The van der Waals surface area contributed by atoms with Crippen molar-refractivity contribution in [3.05, 3.63) is 12.2 Å². The molecule has 0 radical (unpaired) electrons. The maximum absolute atomic E-state index is 10.4. The largest absolute Gasteiger partial charge is 0.481 e. The third-order valence-corrected chi connectivity index (χ3v) is 4.29. The van der Waals surface area contributed by atoms with Crippen molar-refractivity contribution in [2.24, 2.45) is 0 Å². The molecule has 24 heavy (non-hydrogen) atoms. The lowest BCUT2D eigenvalue weighted by molar-refractivity contribution is -0.137. The molecule has 0 fully saturated rings. The molecular weight excluding hydrogens is 304 g/mol. The summed E-state index contributed by atoms with van der Waals surface area (Å²) in [5, 5.41) is 28.3. The number of hydrogen-bond donors (Lipinski definition) is 3. The Labute approximate surface area is 148 Å². The van der Waals surface area contributed by atoms with Crippen LogP contribution >= 0.6 is 0 Å². The fourth-order valence-corrected chi connectivity index (χ4v) is 2.72. The van der Waals surface area contributed by atoms with Gasteiger partial charge in [0.2, 0.25) is 0 Å². The van der Waals surface area contributed by atoms with Gasteiger partial charge < -0.3 is 15.3 Å². The van der Waals surface area contributed by atoms with Gasteiger partial charge in [-0.2, -0.15) is 0 Å². The predicted molar refractivity (Wildman–Crippen MR) is 99.1 cm³/mol. The van der Waals surface area contributed by atoms with Gasteiger partial charge in [0.15, 0.2) is 0 Å². The zero-order valence-corrected chi connectivity index (χ0v) is 15.5. The van der Waals surface area contributed by atoms with Crippen molar-refractivity contribution in [2.45, 2.75) is 109 Å². The number of carboxylic acid groups (broad SMARTS) is 1. The number of carboxylic acids is 1. The zero-order chi connectivity index (χ0) is 18.0. The molecule has 0 spiro atoms. The molecule has 0 aromatic rings. The Morgan fingerprint density at radius 2 is 1.42 bits per heavy atom. The van der Waals surface area contributed by atoms with E-state index < -0.39 is 5.97 Å². The molecule has 142 valence electrons. The highest BCUT2D eigenvalue weighted by atomic mass is 16.4. The van der Waals surface area contributed by atoms with Crippen molar-refractivity contribution in [2.75, 3.05) is 0 Å². The topological polar surface area (TPSA) is 77.8 Å². The minimum absolute atomic E-state index is 0.284. The summed E-state index contributed by atoms with van der Waals surface area (Å²) in [7, 11) is 0. The Hall–Kier alpha value is -0.870. The minimum Gasteiger partial charge on any atom is -0.481 e. The second kappa shape index (κ2) is 17.0. The molecule has 0 aliphatic rings. The second-order valence-corrected chi connectivity index (χ2v) is 6.79. The normalized spacial score (nSPS) is 14.1. The van der Waals surface area contributed by atoms with E-state index in [2.05, 4.69) is 13.0 Å². The highest BCUT2D eigenvalue weighted by Crippen LogP contribution is 2.14. The molecule has 0 aliphatic carbocycles. The first-order valence-electron chi connectivity index (χ1n) is 9.79. The Kier molecular flexibility index (Phi) is 16.4. The van der Waals surface area contributed by atoms with E-state index in [0.717, 1.165) is 64.2 Å². The standard InChI is InChI=1S/C20H38O4/c1-2-3-4-10-13-18(21)16-17-19(22)14-11-8-6-5-7-9-12-15-20(23)24/h4,10,18-19,21-22H,2-3,5-9,11-17H2,1H3,(H,23,24). The van der Waals surface area contributed by atoms with Crippen LogP contribution in [0.15, 0.2) is 12.2 Å². The first-order chi connectivity index (χ1) is 11.6. The molecular formula is C20H38O4. The number of aliphatic hydroxyl groups excluding tert-OH is 2. The fraction of sp³-hybridized carbons (Fsp3) is 0.850. The van der Waals surface area contributed by atoms with Crippen LogP contribution in [0.3, 0.4) is 0 Å². The highest BCUT2D eigenvalue weighted by Gasteiger charge is 2.08. The summed E-state index contributed by atoms with van der Waals surface area (Å²) in [5.41, 5.74) is 0. The zero-order valence-electron chi connectivity index (χ0n) is 15.5. The number of rotatable bonds is 17. The van der Waals surface area contributed by atoms with Gasteiger partial charge in [-0.15, -0.1) is 0 Å². The van der Waals surface area contributed by atoms with Gasteiger partial charge in [0.05, 0.1) is 12.2 Å². The van der Waals surface area contributed by atoms with Gasteiger partial charge in [0, 0.05) is 6.42 Å². The monoisotopic (exact) mass is 342 g/mol. The minimum atomic E-state index is -0.703. The van der Waals surface area contributed by atoms with Crippen molar-refractivity contribution in [3.8, 4) is 0 Å². The van der Waals surface area contributed by atoms with E-state index in [9.17, 15) is 15.0 Å². The summed E-state index contributed by atoms with van der Waals surface area (Å²) in [5.74, 6) is -0.703. The van der Waals surface area contributed by atoms with Gasteiger partial charge in [0.25, 0.3) is 0 Å². The van der Waals surface area contributed by atoms with Crippen LogP contribution in [0.1, 0.15) is 96.8 Å². The maximum atomic E-state index is 10.4. The van der Waals surface area contributed by atoms with E-state index in [1.807, 2.05) is 6.08 Å². The molecule has 0 amide bonds. The molecule has 0 bridgehead atoms. The van der Waals surface area contributed by atoms with Gasteiger partial charge in [0.1, 0.15) is 0 Å². The van der Waals surface area contributed by atoms with E-state index in [4.69, 9.17) is 5.11 Å². The van der Waals surface area contributed by atoms with Crippen LogP contribution in [0.2, 0.25) is 0 Å². The molecule has 0 saturated carbocycles.